The highest BCUT2D eigenvalue weighted by atomic mass is 32.2. The molecule has 0 spiro atoms. The lowest BCUT2D eigenvalue weighted by Crippen LogP contribution is -2.45. The van der Waals surface area contributed by atoms with E-state index in [1.165, 1.54) is 6.26 Å². The Morgan fingerprint density at radius 3 is 2.70 bits per heavy atom. The first-order chi connectivity index (χ1) is 14.2. The number of hydrogen-bond donors (Lipinski definition) is 0. The molecule has 8 nitrogen and oxygen atoms in total. The van der Waals surface area contributed by atoms with Gasteiger partial charge in [-0.2, -0.15) is 0 Å². The standard InChI is InChI=1S/C21H27NO7S/c1-14(2)10-22(16-6-7-30(25,26)13-16)20(23)12-29-21(24)8-15-11-28-19-9-17(27-3)4-5-18(15)19/h4-5,9,11,14,16H,6-8,10,12-13H2,1-3H3/t16-/m0/s1. The summed E-state index contributed by atoms with van der Waals surface area (Å²) in [6.45, 7) is 3.92. The van der Waals surface area contributed by atoms with Crippen LogP contribution < -0.4 is 4.74 Å². The highest BCUT2D eigenvalue weighted by Gasteiger charge is 2.35. The van der Waals surface area contributed by atoms with Gasteiger partial charge in [-0.3, -0.25) is 9.59 Å². The summed E-state index contributed by atoms with van der Waals surface area (Å²) >= 11 is 0. The molecule has 164 valence electrons. The van der Waals surface area contributed by atoms with Gasteiger partial charge in [0.25, 0.3) is 5.91 Å². The maximum absolute atomic E-state index is 12.7. The average Bonchev–Trinajstić information content (AvgIpc) is 3.26. The van der Waals surface area contributed by atoms with Crippen molar-refractivity contribution >= 4 is 32.7 Å². The molecule has 0 unspecified atom stereocenters. The minimum absolute atomic E-state index is 0.0331. The van der Waals surface area contributed by atoms with Gasteiger partial charge >= 0.3 is 5.97 Å². The lowest BCUT2D eigenvalue weighted by atomic mass is 10.1. The zero-order chi connectivity index (χ0) is 21.9. The van der Waals surface area contributed by atoms with Gasteiger partial charge in [0.2, 0.25) is 0 Å². The van der Waals surface area contributed by atoms with E-state index in [4.69, 9.17) is 13.9 Å². The van der Waals surface area contributed by atoms with Crippen LogP contribution in [-0.2, 0) is 30.6 Å². The van der Waals surface area contributed by atoms with E-state index in [-0.39, 0.29) is 35.8 Å². The molecule has 9 heteroatoms. The summed E-state index contributed by atoms with van der Waals surface area (Å²) in [5, 5.41) is 0.775. The third kappa shape index (κ3) is 5.33. The number of ether oxygens (including phenoxy) is 2. The van der Waals surface area contributed by atoms with E-state index in [1.54, 1.807) is 30.2 Å². The number of carbonyl (C=O) groups is 2. The molecule has 1 amide bonds. The van der Waals surface area contributed by atoms with Crippen molar-refractivity contribution in [1.29, 1.82) is 0 Å². The van der Waals surface area contributed by atoms with Crippen molar-refractivity contribution in [3.63, 3.8) is 0 Å². The number of nitrogens with zero attached hydrogens (tertiary/aromatic N) is 1. The van der Waals surface area contributed by atoms with Crippen LogP contribution in [0, 0.1) is 5.92 Å². The van der Waals surface area contributed by atoms with Gasteiger partial charge in [-0.25, -0.2) is 8.42 Å². The molecule has 2 heterocycles. The molecular formula is C21H27NO7S. The summed E-state index contributed by atoms with van der Waals surface area (Å²) in [5.41, 5.74) is 1.25. The second-order valence-corrected chi connectivity index (χ2v) is 10.2. The van der Waals surface area contributed by atoms with Gasteiger partial charge in [0.15, 0.2) is 16.4 Å². The zero-order valence-corrected chi connectivity index (χ0v) is 18.2. The monoisotopic (exact) mass is 437 g/mol. The van der Waals surface area contributed by atoms with Crippen LogP contribution in [-0.4, -0.2) is 63.0 Å². The Kier molecular flexibility index (Phi) is 6.70. The van der Waals surface area contributed by atoms with E-state index in [0.29, 0.717) is 29.9 Å². The molecule has 1 aromatic carbocycles. The predicted molar refractivity (Wildman–Crippen MR) is 111 cm³/mol. The largest absolute Gasteiger partial charge is 0.497 e. The van der Waals surface area contributed by atoms with Gasteiger partial charge in [0, 0.05) is 29.6 Å². The number of amides is 1. The number of fused-ring (bicyclic) bond motifs is 1. The number of benzene rings is 1. The quantitative estimate of drug-likeness (QED) is 0.583. The number of methoxy groups -OCH3 is 1. The van der Waals surface area contributed by atoms with Crippen molar-refractivity contribution in [2.75, 3.05) is 31.8 Å². The lowest BCUT2D eigenvalue weighted by Gasteiger charge is -2.29. The van der Waals surface area contributed by atoms with Crippen molar-refractivity contribution in [1.82, 2.24) is 4.90 Å². The zero-order valence-electron chi connectivity index (χ0n) is 17.4. The summed E-state index contributed by atoms with van der Waals surface area (Å²) in [6, 6.07) is 4.94. The third-order valence-corrected chi connectivity index (χ3v) is 6.84. The number of esters is 1. The van der Waals surface area contributed by atoms with Gasteiger partial charge in [0.05, 0.1) is 31.3 Å². The first-order valence-corrected chi connectivity index (χ1v) is 11.7. The Morgan fingerprint density at radius 1 is 1.30 bits per heavy atom. The molecule has 1 fully saturated rings. The van der Waals surface area contributed by atoms with Crippen molar-refractivity contribution in [3.8, 4) is 5.75 Å². The van der Waals surface area contributed by atoms with Crippen molar-refractivity contribution in [3.05, 3.63) is 30.0 Å². The van der Waals surface area contributed by atoms with Crippen LogP contribution in [0.15, 0.2) is 28.9 Å². The van der Waals surface area contributed by atoms with Crippen LogP contribution in [0.3, 0.4) is 0 Å². The number of hydrogen-bond acceptors (Lipinski definition) is 7. The van der Waals surface area contributed by atoms with Crippen LogP contribution in [0.25, 0.3) is 11.0 Å². The molecule has 1 aliphatic heterocycles. The van der Waals surface area contributed by atoms with E-state index in [2.05, 4.69) is 0 Å². The van der Waals surface area contributed by atoms with Gasteiger partial charge in [-0.15, -0.1) is 0 Å². The van der Waals surface area contributed by atoms with Crippen molar-refractivity contribution < 1.29 is 31.9 Å². The van der Waals surface area contributed by atoms with E-state index in [0.717, 1.165) is 5.39 Å². The molecule has 1 aromatic heterocycles. The van der Waals surface area contributed by atoms with Crippen LogP contribution >= 0.6 is 0 Å². The Bertz CT molecular complexity index is 1030. The number of carbonyl (C=O) groups excluding carboxylic acids is 2. The molecule has 0 N–H and O–H groups in total. The Labute approximate surface area is 176 Å². The Balaban J connectivity index is 1.60. The molecule has 30 heavy (non-hydrogen) atoms. The third-order valence-electron chi connectivity index (χ3n) is 5.09. The van der Waals surface area contributed by atoms with E-state index in [1.807, 2.05) is 13.8 Å². The maximum atomic E-state index is 12.7. The highest BCUT2D eigenvalue weighted by molar-refractivity contribution is 7.91. The summed E-state index contributed by atoms with van der Waals surface area (Å²) < 4.78 is 39.4. The molecule has 0 radical (unpaired) electrons. The molecule has 0 bridgehead atoms. The van der Waals surface area contributed by atoms with Crippen LogP contribution in [0.1, 0.15) is 25.8 Å². The molecule has 0 aliphatic carbocycles. The second-order valence-electron chi connectivity index (χ2n) is 7.96. The minimum Gasteiger partial charge on any atom is -0.497 e. The fraction of sp³-hybridized carbons (Fsp3) is 0.524. The maximum Gasteiger partial charge on any atom is 0.310 e. The van der Waals surface area contributed by atoms with Gasteiger partial charge in [0.1, 0.15) is 11.3 Å². The van der Waals surface area contributed by atoms with Gasteiger partial charge in [-0.05, 0) is 24.5 Å². The molecule has 2 aromatic rings. The SMILES string of the molecule is COc1ccc2c(CC(=O)OCC(=O)N(CC(C)C)[C@H]3CCS(=O)(=O)C3)coc2c1. The van der Waals surface area contributed by atoms with Crippen LogP contribution in [0.2, 0.25) is 0 Å². The molecule has 1 atom stereocenters. The summed E-state index contributed by atoms with van der Waals surface area (Å²) in [7, 11) is -1.56. The predicted octanol–water partition coefficient (Wildman–Crippen LogP) is 2.20. The fourth-order valence-corrected chi connectivity index (χ4v) is 5.36. The number of rotatable bonds is 8. The number of sulfone groups is 1. The van der Waals surface area contributed by atoms with Crippen molar-refractivity contribution in [2.24, 2.45) is 5.92 Å². The van der Waals surface area contributed by atoms with Crippen LogP contribution in [0.5, 0.6) is 5.75 Å². The Morgan fingerprint density at radius 2 is 2.07 bits per heavy atom. The minimum atomic E-state index is -3.12. The fourth-order valence-electron chi connectivity index (χ4n) is 3.63. The lowest BCUT2D eigenvalue weighted by molar-refractivity contribution is -0.152. The smallest absolute Gasteiger partial charge is 0.310 e. The Hall–Kier alpha value is -2.55. The first kappa shape index (κ1) is 22.1. The number of furan rings is 1. The molecular weight excluding hydrogens is 410 g/mol. The van der Waals surface area contributed by atoms with E-state index < -0.39 is 22.4 Å². The highest BCUT2D eigenvalue weighted by Crippen LogP contribution is 2.26. The summed E-state index contributed by atoms with van der Waals surface area (Å²) in [5.74, 6) is -0.0639. The molecule has 1 aliphatic rings. The normalized spacial score (nSPS) is 17.9. The van der Waals surface area contributed by atoms with Gasteiger partial charge < -0.3 is 18.8 Å². The first-order valence-electron chi connectivity index (χ1n) is 9.88. The topological polar surface area (TPSA) is 103 Å². The molecule has 0 saturated carbocycles. The summed E-state index contributed by atoms with van der Waals surface area (Å²) in [4.78, 5) is 26.5. The second kappa shape index (κ2) is 9.07. The van der Waals surface area contributed by atoms with E-state index in [9.17, 15) is 18.0 Å². The van der Waals surface area contributed by atoms with Crippen molar-refractivity contribution in [2.45, 2.75) is 32.7 Å². The summed E-state index contributed by atoms with van der Waals surface area (Å²) in [6.07, 6.45) is 1.87. The average molecular weight is 438 g/mol. The van der Waals surface area contributed by atoms with Crippen LogP contribution in [0.4, 0.5) is 0 Å². The van der Waals surface area contributed by atoms with E-state index >= 15 is 0 Å². The molecule has 1 saturated heterocycles. The molecule has 3 rings (SSSR count). The van der Waals surface area contributed by atoms with Gasteiger partial charge in [-0.1, -0.05) is 13.8 Å².